The van der Waals surface area contributed by atoms with E-state index in [-0.39, 0.29) is 18.7 Å². The molecule has 1 rings (SSSR count). The molecule has 0 bridgehead atoms. The van der Waals surface area contributed by atoms with Gasteiger partial charge in [-0.3, -0.25) is 4.79 Å². The van der Waals surface area contributed by atoms with Crippen LogP contribution in [0, 0.1) is 11.8 Å². The summed E-state index contributed by atoms with van der Waals surface area (Å²) in [6.07, 6.45) is 18.8. The minimum Gasteiger partial charge on any atom is -0.550 e. The zero-order valence-corrected chi connectivity index (χ0v) is 21.5. The highest BCUT2D eigenvalue weighted by Gasteiger charge is 2.40. The highest BCUT2D eigenvalue weighted by Crippen LogP contribution is 2.38. The molecule has 1 fully saturated rings. The third kappa shape index (κ3) is 12.3. The molecule has 0 aromatic carbocycles. The van der Waals surface area contributed by atoms with Crippen molar-refractivity contribution in [2.45, 2.75) is 122 Å². The normalized spacial score (nSPS) is 20.9. The molecule has 3 atom stereocenters. The first-order valence-corrected chi connectivity index (χ1v) is 13.3. The third-order valence-corrected chi connectivity index (χ3v) is 7.17. The summed E-state index contributed by atoms with van der Waals surface area (Å²) >= 11 is 0. The van der Waals surface area contributed by atoms with E-state index < -0.39 is 18.0 Å². The van der Waals surface area contributed by atoms with Gasteiger partial charge in [-0.25, -0.2) is 0 Å². The minimum atomic E-state index is -1.83. The molecule has 32 heavy (non-hydrogen) atoms. The molecular weight excluding hydrogens is 402 g/mol. The monoisotopic (exact) mass is 453 g/mol. The van der Waals surface area contributed by atoms with Crippen molar-refractivity contribution >= 4 is 11.8 Å². The summed E-state index contributed by atoms with van der Waals surface area (Å²) < 4.78 is 0.330. The molecule has 1 N–H and O–H groups in total. The second kappa shape index (κ2) is 15.1. The average Bonchev–Trinajstić information content (AvgIpc) is 3.12. The fourth-order valence-corrected chi connectivity index (χ4v) is 5.61. The number of nitrogens with zero attached hydrogens (tertiary/aromatic N) is 1. The van der Waals surface area contributed by atoms with Gasteiger partial charge in [0.05, 0.1) is 21.1 Å². The number of carbonyl (C=O) groups excluding carboxylic acids is 2. The molecule has 0 spiro atoms. The first-order valence-electron chi connectivity index (χ1n) is 13.3. The van der Waals surface area contributed by atoms with Crippen LogP contribution in [0.25, 0.3) is 0 Å². The van der Waals surface area contributed by atoms with Crippen LogP contribution in [-0.2, 0) is 9.59 Å². The van der Waals surface area contributed by atoms with Crippen molar-refractivity contribution in [1.29, 1.82) is 0 Å². The summed E-state index contributed by atoms with van der Waals surface area (Å²) in [6.45, 7) is 2.35. The van der Waals surface area contributed by atoms with Gasteiger partial charge in [0.15, 0.2) is 11.4 Å². The van der Waals surface area contributed by atoms with Crippen molar-refractivity contribution in [3.63, 3.8) is 0 Å². The maximum absolute atomic E-state index is 12.6. The van der Waals surface area contributed by atoms with Crippen molar-refractivity contribution in [3.05, 3.63) is 0 Å². The number of unbranched alkanes of at least 4 members (excludes halogenated alkanes) is 8. The van der Waals surface area contributed by atoms with Gasteiger partial charge in [0.1, 0.15) is 6.54 Å². The van der Waals surface area contributed by atoms with Crippen molar-refractivity contribution in [3.8, 4) is 0 Å². The molecule has 0 aromatic rings. The Balaban J connectivity index is 2.24. The lowest BCUT2D eigenvalue weighted by atomic mass is 9.86. The Morgan fingerprint density at radius 3 is 1.88 bits per heavy atom. The zero-order chi connectivity index (χ0) is 24.0. The number of hydrogen-bond acceptors (Lipinski definition) is 4. The summed E-state index contributed by atoms with van der Waals surface area (Å²) in [6, 6.07) is 0. The van der Waals surface area contributed by atoms with Gasteiger partial charge in [-0.2, -0.15) is 0 Å². The first-order chi connectivity index (χ1) is 15.1. The van der Waals surface area contributed by atoms with E-state index in [1.54, 1.807) is 0 Å². The van der Waals surface area contributed by atoms with Crippen LogP contribution in [0.15, 0.2) is 0 Å². The highest BCUT2D eigenvalue weighted by molar-refractivity contribution is 5.90. The molecule has 188 valence electrons. The Bertz CT molecular complexity index is 542. The van der Waals surface area contributed by atoms with E-state index in [2.05, 4.69) is 6.92 Å². The second-order valence-electron chi connectivity index (χ2n) is 11.4. The fourth-order valence-electron chi connectivity index (χ4n) is 5.61. The lowest BCUT2D eigenvalue weighted by molar-refractivity contribution is -0.875. The van der Waals surface area contributed by atoms with Crippen LogP contribution in [0.2, 0.25) is 0 Å². The number of aliphatic carboxylic acids is 1. The molecule has 1 aliphatic carbocycles. The van der Waals surface area contributed by atoms with E-state index in [1.165, 1.54) is 77.0 Å². The topological polar surface area (TPSA) is 77.4 Å². The summed E-state index contributed by atoms with van der Waals surface area (Å²) in [4.78, 5) is 23.7. The number of carboxylic acid groups (broad SMARTS) is 1. The Morgan fingerprint density at radius 1 is 0.875 bits per heavy atom. The highest BCUT2D eigenvalue weighted by atomic mass is 16.4. The Labute approximate surface area is 197 Å². The Kier molecular flexibility index (Phi) is 13.7. The fraction of sp³-hybridized carbons (Fsp3) is 0.926. The number of carbonyl (C=O) groups is 2. The zero-order valence-electron chi connectivity index (χ0n) is 21.5. The predicted molar refractivity (Wildman–Crippen MR) is 129 cm³/mol. The van der Waals surface area contributed by atoms with Gasteiger partial charge >= 0.3 is 0 Å². The van der Waals surface area contributed by atoms with Crippen molar-refractivity contribution in [1.82, 2.24) is 0 Å². The quantitative estimate of drug-likeness (QED) is 0.228. The summed E-state index contributed by atoms with van der Waals surface area (Å²) in [7, 11) is 5.53. The number of ketones is 1. The minimum absolute atomic E-state index is 0.0848. The lowest BCUT2D eigenvalue weighted by Crippen LogP contribution is -2.56. The molecule has 0 amide bonds. The Hall–Kier alpha value is -0.940. The number of Topliss-reactive ketones (excluding diaryl/α,β-unsaturated/α-hetero) is 1. The summed E-state index contributed by atoms with van der Waals surface area (Å²) in [5, 5.41) is 21.8. The van der Waals surface area contributed by atoms with Crippen LogP contribution in [0.1, 0.15) is 116 Å². The van der Waals surface area contributed by atoms with Crippen LogP contribution >= 0.6 is 0 Å². The van der Waals surface area contributed by atoms with E-state index in [0.29, 0.717) is 4.48 Å². The predicted octanol–water partition coefficient (Wildman–Crippen LogP) is 4.64. The lowest BCUT2D eigenvalue weighted by Gasteiger charge is -2.34. The van der Waals surface area contributed by atoms with Gasteiger partial charge in [0, 0.05) is 18.8 Å². The number of hydrogen-bond donors (Lipinski definition) is 1. The SMILES string of the molecule is CCCCCCCC[C@H]1CCC[C@@H]1CCCCCCC(=O)C(O)(CC(=O)[O-])C[N+](C)(C)C. The van der Waals surface area contributed by atoms with Crippen LogP contribution in [0.3, 0.4) is 0 Å². The molecule has 1 aliphatic rings. The number of carboxylic acids is 1. The van der Waals surface area contributed by atoms with Gasteiger partial charge in [-0.05, 0) is 18.3 Å². The number of rotatable bonds is 19. The van der Waals surface area contributed by atoms with E-state index >= 15 is 0 Å². The molecular formula is C27H51NO4. The molecule has 0 saturated heterocycles. The van der Waals surface area contributed by atoms with Crippen molar-refractivity contribution < 1.29 is 24.3 Å². The van der Waals surface area contributed by atoms with Crippen molar-refractivity contribution in [2.75, 3.05) is 27.7 Å². The van der Waals surface area contributed by atoms with E-state index in [1.807, 2.05) is 21.1 Å². The van der Waals surface area contributed by atoms with Crippen molar-refractivity contribution in [2.24, 2.45) is 11.8 Å². The van der Waals surface area contributed by atoms with Crippen LogP contribution in [-0.4, -0.2) is 54.6 Å². The molecule has 0 heterocycles. The summed E-state index contributed by atoms with van der Waals surface area (Å²) in [5.41, 5.74) is -1.83. The van der Waals surface area contributed by atoms with Crippen LogP contribution in [0.4, 0.5) is 0 Å². The van der Waals surface area contributed by atoms with E-state index in [0.717, 1.165) is 31.1 Å². The van der Waals surface area contributed by atoms with Gasteiger partial charge in [-0.1, -0.05) is 96.8 Å². The molecule has 1 saturated carbocycles. The maximum Gasteiger partial charge on any atom is 0.177 e. The van der Waals surface area contributed by atoms with Gasteiger partial charge in [0.2, 0.25) is 0 Å². The standard InChI is InChI=1S/C27H51NO4/c1-5-6-7-8-9-12-16-23-18-15-19-24(23)17-13-10-11-14-20-25(29)27(32,21-26(30)31)22-28(2,3)4/h23-24,32H,5-22H2,1-4H3/t23-,24-,27?/m0/s1. The largest absolute Gasteiger partial charge is 0.550 e. The smallest absolute Gasteiger partial charge is 0.177 e. The van der Waals surface area contributed by atoms with E-state index in [9.17, 15) is 19.8 Å². The molecule has 0 radical (unpaired) electrons. The number of aliphatic hydroxyl groups is 1. The van der Waals surface area contributed by atoms with E-state index in [4.69, 9.17) is 0 Å². The van der Waals surface area contributed by atoms with Crippen LogP contribution in [0.5, 0.6) is 0 Å². The summed E-state index contributed by atoms with van der Waals surface area (Å²) in [5.74, 6) is 0.0915. The maximum atomic E-state index is 12.6. The van der Waals surface area contributed by atoms with Gasteiger partial charge < -0.3 is 19.5 Å². The first kappa shape index (κ1) is 29.1. The molecule has 5 nitrogen and oxygen atoms in total. The molecule has 1 unspecified atom stereocenters. The Morgan fingerprint density at radius 2 is 1.38 bits per heavy atom. The third-order valence-electron chi connectivity index (χ3n) is 7.17. The van der Waals surface area contributed by atoms with Gasteiger partial charge in [0.25, 0.3) is 0 Å². The van der Waals surface area contributed by atoms with Gasteiger partial charge in [-0.15, -0.1) is 0 Å². The second-order valence-corrected chi connectivity index (χ2v) is 11.4. The number of likely N-dealkylation sites (N-methyl/N-ethyl adjacent to an activating group) is 1. The van der Waals surface area contributed by atoms with Crippen LogP contribution < -0.4 is 5.11 Å². The molecule has 0 aromatic heterocycles. The molecule has 5 heteroatoms. The average molecular weight is 454 g/mol. The molecule has 0 aliphatic heterocycles. The number of quaternary nitrogens is 1.